The molecule has 0 aliphatic carbocycles. The quantitative estimate of drug-likeness (QED) is 0.661. The van der Waals surface area contributed by atoms with E-state index in [1.165, 1.54) is 6.07 Å². The van der Waals surface area contributed by atoms with Crippen LogP contribution >= 0.6 is 23.4 Å². The number of halogens is 2. The molecular formula is C13H11ClFNS. The summed E-state index contributed by atoms with van der Waals surface area (Å²) in [7, 11) is 0. The van der Waals surface area contributed by atoms with Crippen LogP contribution in [0.1, 0.15) is 5.56 Å². The van der Waals surface area contributed by atoms with Crippen LogP contribution in [-0.2, 0) is 5.75 Å². The Bertz CT molecular complexity index is 531. The molecule has 0 saturated heterocycles. The molecule has 88 valence electrons. The maximum absolute atomic E-state index is 13.2. The molecular weight excluding hydrogens is 257 g/mol. The monoisotopic (exact) mass is 267 g/mol. The lowest BCUT2D eigenvalue weighted by Gasteiger charge is -2.05. The fourth-order valence-corrected chi connectivity index (χ4v) is 2.57. The van der Waals surface area contributed by atoms with Crippen LogP contribution in [0.5, 0.6) is 0 Å². The van der Waals surface area contributed by atoms with Crippen LogP contribution in [-0.4, -0.2) is 0 Å². The molecule has 1 nitrogen and oxygen atoms in total. The van der Waals surface area contributed by atoms with Crippen LogP contribution in [0.3, 0.4) is 0 Å². The molecule has 2 aromatic carbocycles. The first-order valence-electron chi connectivity index (χ1n) is 5.08. The number of rotatable bonds is 3. The van der Waals surface area contributed by atoms with E-state index in [0.29, 0.717) is 10.8 Å². The number of benzene rings is 2. The molecule has 0 fully saturated rings. The van der Waals surface area contributed by atoms with Crippen molar-refractivity contribution in [1.82, 2.24) is 0 Å². The Morgan fingerprint density at radius 3 is 2.65 bits per heavy atom. The topological polar surface area (TPSA) is 26.0 Å². The Labute approximate surface area is 109 Å². The van der Waals surface area contributed by atoms with Crippen molar-refractivity contribution in [3.63, 3.8) is 0 Å². The summed E-state index contributed by atoms with van der Waals surface area (Å²) in [5.74, 6) is 0.295. The molecule has 4 heteroatoms. The summed E-state index contributed by atoms with van der Waals surface area (Å²) in [4.78, 5) is 0.992. The van der Waals surface area contributed by atoms with Gasteiger partial charge in [-0.05, 0) is 29.8 Å². The summed E-state index contributed by atoms with van der Waals surface area (Å²) in [6.07, 6.45) is 0. The van der Waals surface area contributed by atoms with Crippen molar-refractivity contribution >= 4 is 29.1 Å². The minimum Gasteiger partial charge on any atom is -0.396 e. The molecule has 0 atom stereocenters. The van der Waals surface area contributed by atoms with E-state index in [1.807, 2.05) is 30.3 Å². The van der Waals surface area contributed by atoms with Gasteiger partial charge in [-0.25, -0.2) is 4.39 Å². The van der Waals surface area contributed by atoms with Crippen LogP contribution in [0, 0.1) is 5.82 Å². The molecule has 0 aliphatic rings. The summed E-state index contributed by atoms with van der Waals surface area (Å²) >= 11 is 7.61. The molecule has 0 spiro atoms. The maximum atomic E-state index is 13.2. The molecule has 0 amide bonds. The zero-order valence-electron chi connectivity index (χ0n) is 8.99. The van der Waals surface area contributed by atoms with Crippen LogP contribution in [0.2, 0.25) is 5.02 Å². The van der Waals surface area contributed by atoms with Crippen molar-refractivity contribution in [2.45, 2.75) is 10.6 Å². The highest BCUT2D eigenvalue weighted by Gasteiger charge is 2.03. The van der Waals surface area contributed by atoms with E-state index in [2.05, 4.69) is 0 Å². The van der Waals surface area contributed by atoms with E-state index in [-0.39, 0.29) is 11.5 Å². The second-order valence-corrected chi connectivity index (χ2v) is 5.00. The average Bonchev–Trinajstić information content (AvgIpc) is 2.32. The van der Waals surface area contributed by atoms with Crippen LogP contribution in [0.4, 0.5) is 10.1 Å². The third kappa shape index (κ3) is 3.14. The predicted octanol–water partition coefficient (Wildman–Crippen LogP) is 4.35. The zero-order valence-corrected chi connectivity index (χ0v) is 10.6. The fraction of sp³-hybridized carbons (Fsp3) is 0.0769. The van der Waals surface area contributed by atoms with Crippen LogP contribution in [0.25, 0.3) is 0 Å². The molecule has 2 N–H and O–H groups in total. The number of hydrogen-bond donors (Lipinski definition) is 1. The summed E-state index contributed by atoms with van der Waals surface area (Å²) in [5, 5.41) is 0.716. The van der Waals surface area contributed by atoms with Crippen molar-refractivity contribution in [2.75, 3.05) is 5.73 Å². The SMILES string of the molecule is Nc1ccc(CSc2ccccc2Cl)cc1F. The largest absolute Gasteiger partial charge is 0.396 e. The Balaban J connectivity index is 2.08. The highest BCUT2D eigenvalue weighted by molar-refractivity contribution is 7.98. The normalized spacial score (nSPS) is 10.5. The minimum atomic E-state index is -0.373. The van der Waals surface area contributed by atoms with Gasteiger partial charge in [0.1, 0.15) is 5.82 Å². The molecule has 0 aliphatic heterocycles. The fourth-order valence-electron chi connectivity index (χ4n) is 1.38. The van der Waals surface area contributed by atoms with Gasteiger partial charge in [-0.2, -0.15) is 0 Å². The van der Waals surface area contributed by atoms with E-state index in [9.17, 15) is 4.39 Å². The van der Waals surface area contributed by atoms with Gasteiger partial charge in [-0.15, -0.1) is 11.8 Å². The van der Waals surface area contributed by atoms with Gasteiger partial charge in [0.15, 0.2) is 0 Å². The Morgan fingerprint density at radius 1 is 1.18 bits per heavy atom. The molecule has 0 unspecified atom stereocenters. The van der Waals surface area contributed by atoms with Gasteiger partial charge in [-0.1, -0.05) is 29.8 Å². The minimum absolute atomic E-state index is 0.177. The van der Waals surface area contributed by atoms with Crippen molar-refractivity contribution in [2.24, 2.45) is 0 Å². The molecule has 0 heterocycles. The first kappa shape index (κ1) is 12.3. The molecule has 0 radical (unpaired) electrons. The van der Waals surface area contributed by atoms with Gasteiger partial charge in [0.05, 0.1) is 10.7 Å². The molecule has 0 bridgehead atoms. The second-order valence-electron chi connectivity index (χ2n) is 3.57. The Hall–Kier alpha value is -1.19. The third-order valence-corrected chi connectivity index (χ3v) is 3.88. The number of nitrogen functional groups attached to an aromatic ring is 1. The molecule has 2 rings (SSSR count). The summed E-state index contributed by atoms with van der Waals surface area (Å²) in [5.41, 5.74) is 6.48. The van der Waals surface area contributed by atoms with Gasteiger partial charge in [0, 0.05) is 10.6 Å². The van der Waals surface area contributed by atoms with E-state index in [4.69, 9.17) is 17.3 Å². The zero-order chi connectivity index (χ0) is 12.3. The van der Waals surface area contributed by atoms with E-state index >= 15 is 0 Å². The standard InChI is InChI=1S/C13H11ClFNS/c14-10-3-1-2-4-13(10)17-8-9-5-6-12(16)11(15)7-9/h1-7H,8,16H2. The van der Waals surface area contributed by atoms with Crippen molar-refractivity contribution in [3.05, 3.63) is 58.9 Å². The lowest BCUT2D eigenvalue weighted by atomic mass is 10.2. The molecule has 0 saturated carbocycles. The number of hydrogen-bond acceptors (Lipinski definition) is 2. The third-order valence-electron chi connectivity index (χ3n) is 2.30. The van der Waals surface area contributed by atoms with Gasteiger partial charge >= 0.3 is 0 Å². The van der Waals surface area contributed by atoms with E-state index in [0.717, 1.165) is 10.5 Å². The summed E-state index contributed by atoms with van der Waals surface area (Å²) in [6.45, 7) is 0. The van der Waals surface area contributed by atoms with Gasteiger partial charge in [0.2, 0.25) is 0 Å². The molecule has 0 aromatic heterocycles. The van der Waals surface area contributed by atoms with Gasteiger partial charge in [-0.3, -0.25) is 0 Å². The molecule has 2 aromatic rings. The van der Waals surface area contributed by atoms with E-state index < -0.39 is 0 Å². The lowest BCUT2D eigenvalue weighted by Crippen LogP contribution is -1.91. The predicted molar refractivity (Wildman–Crippen MR) is 71.8 cm³/mol. The molecule has 17 heavy (non-hydrogen) atoms. The maximum Gasteiger partial charge on any atom is 0.146 e. The number of nitrogens with two attached hydrogens (primary N) is 1. The average molecular weight is 268 g/mol. The Morgan fingerprint density at radius 2 is 1.94 bits per heavy atom. The highest BCUT2D eigenvalue weighted by Crippen LogP contribution is 2.29. The van der Waals surface area contributed by atoms with Crippen molar-refractivity contribution in [1.29, 1.82) is 0 Å². The van der Waals surface area contributed by atoms with Crippen molar-refractivity contribution in [3.8, 4) is 0 Å². The summed E-state index contributed by atoms with van der Waals surface area (Å²) in [6, 6.07) is 12.5. The smallest absolute Gasteiger partial charge is 0.146 e. The number of anilines is 1. The van der Waals surface area contributed by atoms with Gasteiger partial charge in [0.25, 0.3) is 0 Å². The lowest BCUT2D eigenvalue weighted by molar-refractivity contribution is 0.631. The van der Waals surface area contributed by atoms with E-state index in [1.54, 1.807) is 17.8 Å². The van der Waals surface area contributed by atoms with Gasteiger partial charge < -0.3 is 5.73 Å². The summed E-state index contributed by atoms with van der Waals surface area (Å²) < 4.78 is 13.2. The van der Waals surface area contributed by atoms with Crippen molar-refractivity contribution < 1.29 is 4.39 Å². The number of thioether (sulfide) groups is 1. The highest BCUT2D eigenvalue weighted by atomic mass is 35.5. The first-order chi connectivity index (χ1) is 8.16. The van der Waals surface area contributed by atoms with Crippen LogP contribution in [0.15, 0.2) is 47.4 Å². The van der Waals surface area contributed by atoms with Crippen LogP contribution < -0.4 is 5.73 Å². The second kappa shape index (κ2) is 5.43. The Kier molecular flexibility index (Phi) is 3.92. The first-order valence-corrected chi connectivity index (χ1v) is 6.44.